The fourth-order valence-corrected chi connectivity index (χ4v) is 2.69. The van der Waals surface area contributed by atoms with E-state index in [4.69, 9.17) is 4.74 Å². The average molecular weight is 269 g/mol. The van der Waals surface area contributed by atoms with Crippen molar-refractivity contribution in [1.29, 1.82) is 0 Å². The summed E-state index contributed by atoms with van der Waals surface area (Å²) in [6, 6.07) is 0.506. The van der Waals surface area contributed by atoms with E-state index in [0.717, 1.165) is 31.9 Å². The maximum absolute atomic E-state index is 11.5. The summed E-state index contributed by atoms with van der Waals surface area (Å²) < 4.78 is 4.94. The number of carbonyl (C=O) groups excluding carboxylic acids is 1. The molecule has 1 aliphatic heterocycles. The Kier molecular flexibility index (Phi) is 4.68. The Morgan fingerprint density at radius 3 is 3.28 bits per heavy atom. The highest BCUT2D eigenvalue weighted by atomic mass is 32.1. The Morgan fingerprint density at radius 2 is 2.56 bits per heavy atom. The lowest BCUT2D eigenvalue weighted by atomic mass is 10.2. The maximum atomic E-state index is 11.5. The highest BCUT2D eigenvalue weighted by Crippen LogP contribution is 2.15. The van der Waals surface area contributed by atoms with E-state index in [1.165, 1.54) is 11.3 Å². The molecule has 0 bridgehead atoms. The molecule has 1 aromatic rings. The van der Waals surface area contributed by atoms with Crippen LogP contribution in [0.15, 0.2) is 5.38 Å². The number of aromatic nitrogens is 1. The minimum absolute atomic E-state index is 0.317. The molecule has 1 atom stereocenters. The van der Waals surface area contributed by atoms with Gasteiger partial charge in [-0.2, -0.15) is 0 Å². The zero-order valence-electron chi connectivity index (χ0n) is 10.8. The Balaban J connectivity index is 1.95. The van der Waals surface area contributed by atoms with Crippen molar-refractivity contribution in [1.82, 2.24) is 15.2 Å². The van der Waals surface area contributed by atoms with Crippen molar-refractivity contribution in [3.63, 3.8) is 0 Å². The van der Waals surface area contributed by atoms with E-state index < -0.39 is 0 Å². The zero-order valence-corrected chi connectivity index (χ0v) is 11.6. The SMILES string of the molecule is CCOC(=O)c1nc(CN2CCNC[C@@H]2C)cs1. The largest absolute Gasteiger partial charge is 0.461 e. The van der Waals surface area contributed by atoms with Gasteiger partial charge in [0.05, 0.1) is 12.3 Å². The highest BCUT2D eigenvalue weighted by molar-refractivity contribution is 7.11. The first kappa shape index (κ1) is 13.5. The van der Waals surface area contributed by atoms with Crippen molar-refractivity contribution in [2.24, 2.45) is 0 Å². The van der Waals surface area contributed by atoms with Crippen LogP contribution in [0.1, 0.15) is 29.3 Å². The van der Waals surface area contributed by atoms with Crippen LogP contribution in [0.25, 0.3) is 0 Å². The molecular formula is C12H19N3O2S. The molecule has 0 radical (unpaired) electrons. The molecule has 0 aliphatic carbocycles. The van der Waals surface area contributed by atoms with E-state index in [0.29, 0.717) is 17.7 Å². The Bertz CT molecular complexity index is 408. The van der Waals surface area contributed by atoms with Gasteiger partial charge in [-0.15, -0.1) is 11.3 Å². The smallest absolute Gasteiger partial charge is 0.367 e. The van der Waals surface area contributed by atoms with Crippen LogP contribution in [-0.2, 0) is 11.3 Å². The van der Waals surface area contributed by atoms with Gasteiger partial charge in [0.2, 0.25) is 5.01 Å². The van der Waals surface area contributed by atoms with Gasteiger partial charge in [0.25, 0.3) is 0 Å². The molecule has 1 aliphatic rings. The van der Waals surface area contributed by atoms with E-state index in [1.54, 1.807) is 6.92 Å². The summed E-state index contributed by atoms with van der Waals surface area (Å²) in [7, 11) is 0. The second-order valence-corrected chi connectivity index (χ2v) is 5.25. The average Bonchev–Trinajstić information content (AvgIpc) is 2.81. The van der Waals surface area contributed by atoms with Crippen molar-refractivity contribution in [2.75, 3.05) is 26.2 Å². The molecule has 1 fully saturated rings. The molecule has 100 valence electrons. The number of rotatable bonds is 4. The molecular weight excluding hydrogens is 250 g/mol. The number of piperazine rings is 1. The van der Waals surface area contributed by atoms with Crippen molar-refractivity contribution in [2.45, 2.75) is 26.4 Å². The van der Waals surface area contributed by atoms with Gasteiger partial charge < -0.3 is 10.1 Å². The monoisotopic (exact) mass is 269 g/mol. The minimum atomic E-state index is -0.317. The van der Waals surface area contributed by atoms with Gasteiger partial charge in [0.1, 0.15) is 0 Å². The van der Waals surface area contributed by atoms with Crippen molar-refractivity contribution < 1.29 is 9.53 Å². The van der Waals surface area contributed by atoms with Gasteiger partial charge in [-0.05, 0) is 13.8 Å². The van der Waals surface area contributed by atoms with Crippen LogP contribution in [0.5, 0.6) is 0 Å². The van der Waals surface area contributed by atoms with Gasteiger partial charge >= 0.3 is 5.97 Å². The Morgan fingerprint density at radius 1 is 1.72 bits per heavy atom. The molecule has 1 aromatic heterocycles. The molecule has 0 spiro atoms. The number of carbonyl (C=O) groups is 1. The fraction of sp³-hybridized carbons (Fsp3) is 0.667. The van der Waals surface area contributed by atoms with Gasteiger partial charge in [-0.1, -0.05) is 0 Å². The topological polar surface area (TPSA) is 54.5 Å². The third kappa shape index (κ3) is 3.28. The van der Waals surface area contributed by atoms with Gasteiger partial charge in [0.15, 0.2) is 0 Å². The number of nitrogens with one attached hydrogen (secondary N) is 1. The fourth-order valence-electron chi connectivity index (χ4n) is 1.99. The molecule has 0 amide bonds. The van der Waals surface area contributed by atoms with Crippen LogP contribution >= 0.6 is 11.3 Å². The molecule has 2 rings (SSSR count). The van der Waals surface area contributed by atoms with Gasteiger partial charge in [0, 0.05) is 37.6 Å². The van der Waals surface area contributed by atoms with Crippen LogP contribution < -0.4 is 5.32 Å². The quantitative estimate of drug-likeness (QED) is 0.830. The summed E-state index contributed by atoms with van der Waals surface area (Å²) in [6.07, 6.45) is 0. The van der Waals surface area contributed by atoms with Crippen molar-refractivity contribution >= 4 is 17.3 Å². The van der Waals surface area contributed by atoms with Crippen LogP contribution in [0.2, 0.25) is 0 Å². The first-order valence-corrected chi connectivity index (χ1v) is 7.15. The van der Waals surface area contributed by atoms with Crippen LogP contribution in [0.3, 0.4) is 0 Å². The van der Waals surface area contributed by atoms with Crippen LogP contribution in [-0.4, -0.2) is 48.1 Å². The number of nitrogens with zero attached hydrogens (tertiary/aromatic N) is 2. The lowest BCUT2D eigenvalue weighted by Crippen LogP contribution is -2.49. The molecule has 18 heavy (non-hydrogen) atoms. The number of hydrogen-bond donors (Lipinski definition) is 1. The molecule has 6 heteroatoms. The third-order valence-corrected chi connectivity index (χ3v) is 3.88. The number of hydrogen-bond acceptors (Lipinski definition) is 6. The first-order chi connectivity index (χ1) is 8.70. The zero-order chi connectivity index (χ0) is 13.0. The highest BCUT2D eigenvalue weighted by Gasteiger charge is 2.20. The molecule has 5 nitrogen and oxygen atoms in total. The number of esters is 1. The standard InChI is InChI=1S/C12H19N3O2S/c1-3-17-12(16)11-14-10(8-18-11)7-15-5-4-13-6-9(15)2/h8-9,13H,3-7H2,1-2H3/t9-/m0/s1. The lowest BCUT2D eigenvalue weighted by Gasteiger charge is -2.33. The maximum Gasteiger partial charge on any atom is 0.367 e. The van der Waals surface area contributed by atoms with E-state index in [9.17, 15) is 4.79 Å². The van der Waals surface area contributed by atoms with Gasteiger partial charge in [-0.3, -0.25) is 4.90 Å². The first-order valence-electron chi connectivity index (χ1n) is 6.27. The van der Waals surface area contributed by atoms with Crippen LogP contribution in [0, 0.1) is 0 Å². The van der Waals surface area contributed by atoms with E-state index in [2.05, 4.69) is 22.1 Å². The molecule has 0 aromatic carbocycles. The van der Waals surface area contributed by atoms with Crippen molar-refractivity contribution in [3.8, 4) is 0 Å². The summed E-state index contributed by atoms with van der Waals surface area (Å²) in [5.74, 6) is -0.317. The lowest BCUT2D eigenvalue weighted by molar-refractivity contribution is 0.0525. The number of ether oxygens (including phenoxy) is 1. The predicted octanol–water partition coefficient (Wildman–Crippen LogP) is 1.11. The Hall–Kier alpha value is -0.980. The summed E-state index contributed by atoms with van der Waals surface area (Å²) in [5.41, 5.74) is 0.955. The summed E-state index contributed by atoms with van der Waals surface area (Å²) in [6.45, 7) is 8.24. The molecule has 1 N–H and O–H groups in total. The van der Waals surface area contributed by atoms with E-state index >= 15 is 0 Å². The van der Waals surface area contributed by atoms with Crippen molar-refractivity contribution in [3.05, 3.63) is 16.1 Å². The molecule has 1 saturated heterocycles. The van der Waals surface area contributed by atoms with Gasteiger partial charge in [-0.25, -0.2) is 9.78 Å². The van der Waals surface area contributed by atoms with E-state index in [-0.39, 0.29) is 5.97 Å². The second-order valence-electron chi connectivity index (χ2n) is 4.39. The summed E-state index contributed by atoms with van der Waals surface area (Å²) >= 11 is 1.36. The minimum Gasteiger partial charge on any atom is -0.461 e. The predicted molar refractivity (Wildman–Crippen MR) is 70.8 cm³/mol. The van der Waals surface area contributed by atoms with E-state index in [1.807, 2.05) is 5.38 Å². The van der Waals surface area contributed by atoms with Crippen LogP contribution in [0.4, 0.5) is 0 Å². The third-order valence-electron chi connectivity index (χ3n) is 3.01. The summed E-state index contributed by atoms with van der Waals surface area (Å²) in [5, 5.41) is 5.76. The molecule has 2 heterocycles. The second kappa shape index (κ2) is 6.26. The molecule has 0 saturated carbocycles. The Labute approximate surface area is 111 Å². The normalized spacial score (nSPS) is 20.9. The summed E-state index contributed by atoms with van der Waals surface area (Å²) in [4.78, 5) is 18.2. The molecule has 0 unspecified atom stereocenters. The number of thiazole rings is 1.